The molecule has 50 heavy (non-hydrogen) atoms. The summed E-state index contributed by atoms with van der Waals surface area (Å²) in [6.45, 7) is 3.33. The largest absolute Gasteiger partial charge is 0.469 e. The van der Waals surface area contributed by atoms with Gasteiger partial charge in [0.25, 0.3) is 0 Å². The summed E-state index contributed by atoms with van der Waals surface area (Å²) in [6, 6.07) is 0. The van der Waals surface area contributed by atoms with Crippen LogP contribution in [0.5, 0.6) is 0 Å². The van der Waals surface area contributed by atoms with Gasteiger partial charge < -0.3 is 19.3 Å². The maximum Gasteiger partial charge on any atom is 0.469 e. The lowest BCUT2D eigenvalue weighted by molar-refractivity contribution is -0.161. The van der Waals surface area contributed by atoms with Gasteiger partial charge >= 0.3 is 19.8 Å². The van der Waals surface area contributed by atoms with Gasteiger partial charge in [0.05, 0.1) is 6.61 Å². The SMILES string of the molecule is CC/C=C/C/C=C/C/C=C/C/C=C/C/C=C/CCCC(=O)OC[C@H](COP(=O)(O)O)OC(=O)CCCC/C=C/C/C=C/C/C=C/C/C=C/CC. The van der Waals surface area contributed by atoms with Gasteiger partial charge in [0.15, 0.2) is 6.10 Å². The summed E-state index contributed by atoms with van der Waals surface area (Å²) in [7, 11) is -4.78. The number of ether oxygens (including phenoxy) is 2. The first-order valence-electron chi connectivity index (χ1n) is 18.2. The standard InChI is InChI=1S/C41H63O8P/c1-3-5-7-9-11-13-15-17-19-20-22-23-25-27-29-31-33-35-40(42)47-37-39(38-48-50(44,45)46)49-41(43)36-34-32-30-28-26-24-21-18-16-14-12-10-8-6-4-2/h5-8,11-14,17-19,21-23,26-29,39H,3-4,9-10,15-16,20,24-25,30-38H2,1-2H3,(H2,44,45,46)/b7-5+,8-6+,13-11+,14-12+,19-17+,21-18+,23-22+,28-26+,29-27+/t39-/m1/s1. The highest BCUT2D eigenvalue weighted by Crippen LogP contribution is 2.35. The quantitative estimate of drug-likeness (QED) is 0.0315. The number of hydrogen-bond acceptors (Lipinski definition) is 6. The predicted molar refractivity (Wildman–Crippen MR) is 206 cm³/mol. The number of carbonyl (C=O) groups excluding carboxylic acids is 2. The first-order chi connectivity index (χ1) is 24.3. The molecule has 0 aromatic heterocycles. The van der Waals surface area contributed by atoms with Crippen molar-refractivity contribution < 1.29 is 37.9 Å². The molecular weight excluding hydrogens is 651 g/mol. The number of carbonyl (C=O) groups is 2. The number of hydrogen-bond donors (Lipinski definition) is 2. The van der Waals surface area contributed by atoms with Crippen molar-refractivity contribution in [3.63, 3.8) is 0 Å². The Morgan fingerprint density at radius 1 is 0.520 bits per heavy atom. The second kappa shape index (κ2) is 35.5. The molecule has 0 fully saturated rings. The maximum atomic E-state index is 12.3. The number of rotatable bonds is 31. The van der Waals surface area contributed by atoms with Crippen molar-refractivity contribution in [1.82, 2.24) is 0 Å². The Labute approximate surface area is 302 Å². The van der Waals surface area contributed by atoms with Crippen molar-refractivity contribution in [3.05, 3.63) is 109 Å². The number of allylic oxidation sites excluding steroid dienone is 18. The molecule has 0 saturated carbocycles. The van der Waals surface area contributed by atoms with Gasteiger partial charge in [-0.05, 0) is 89.9 Å². The van der Waals surface area contributed by atoms with Crippen LogP contribution >= 0.6 is 7.82 Å². The average Bonchev–Trinajstić information content (AvgIpc) is 3.08. The van der Waals surface area contributed by atoms with Crippen LogP contribution in [0.4, 0.5) is 0 Å². The van der Waals surface area contributed by atoms with E-state index in [0.29, 0.717) is 19.3 Å². The van der Waals surface area contributed by atoms with E-state index < -0.39 is 32.5 Å². The van der Waals surface area contributed by atoms with E-state index in [-0.39, 0.29) is 19.4 Å². The predicted octanol–water partition coefficient (Wildman–Crippen LogP) is 10.8. The number of esters is 2. The molecule has 0 aliphatic heterocycles. The molecule has 0 heterocycles. The topological polar surface area (TPSA) is 119 Å². The molecule has 0 aliphatic rings. The van der Waals surface area contributed by atoms with Gasteiger partial charge in [0.2, 0.25) is 0 Å². The van der Waals surface area contributed by atoms with Crippen molar-refractivity contribution in [2.24, 2.45) is 0 Å². The monoisotopic (exact) mass is 714 g/mol. The summed E-state index contributed by atoms with van der Waals surface area (Å²) in [4.78, 5) is 42.6. The minimum atomic E-state index is -4.78. The van der Waals surface area contributed by atoms with Gasteiger partial charge in [-0.1, -0.05) is 123 Å². The number of phosphoric acid groups is 1. The first-order valence-corrected chi connectivity index (χ1v) is 19.7. The van der Waals surface area contributed by atoms with E-state index in [9.17, 15) is 14.2 Å². The molecule has 0 rings (SSSR count). The van der Waals surface area contributed by atoms with Gasteiger partial charge in [0.1, 0.15) is 6.61 Å². The van der Waals surface area contributed by atoms with Crippen molar-refractivity contribution >= 4 is 19.8 Å². The second-order valence-electron chi connectivity index (χ2n) is 11.4. The molecule has 0 amide bonds. The van der Waals surface area contributed by atoms with Crippen molar-refractivity contribution in [1.29, 1.82) is 0 Å². The molecule has 0 unspecified atom stereocenters. The van der Waals surface area contributed by atoms with Gasteiger partial charge in [-0.2, -0.15) is 0 Å². The van der Waals surface area contributed by atoms with Gasteiger partial charge in [-0.15, -0.1) is 0 Å². The number of phosphoric ester groups is 1. The molecule has 9 heteroatoms. The van der Waals surface area contributed by atoms with Crippen molar-refractivity contribution in [2.75, 3.05) is 13.2 Å². The molecule has 280 valence electrons. The summed E-state index contributed by atoms with van der Waals surface area (Å²) in [5.41, 5.74) is 0. The molecule has 0 aliphatic carbocycles. The molecule has 0 saturated heterocycles. The molecular formula is C41H63O8P. The van der Waals surface area contributed by atoms with Crippen LogP contribution in [0.15, 0.2) is 109 Å². The molecule has 8 nitrogen and oxygen atoms in total. The van der Waals surface area contributed by atoms with Crippen LogP contribution in [-0.2, 0) is 28.2 Å². The van der Waals surface area contributed by atoms with Crippen LogP contribution < -0.4 is 0 Å². The highest BCUT2D eigenvalue weighted by Gasteiger charge is 2.22. The minimum Gasteiger partial charge on any atom is -0.462 e. The summed E-state index contributed by atoms with van der Waals surface area (Å²) in [5.74, 6) is -1.02. The van der Waals surface area contributed by atoms with E-state index in [2.05, 4.69) is 122 Å². The van der Waals surface area contributed by atoms with Crippen LogP contribution in [0, 0.1) is 0 Å². The summed E-state index contributed by atoms with van der Waals surface area (Å²) >= 11 is 0. The molecule has 1 atom stereocenters. The Bertz CT molecular complexity index is 1170. The molecule has 0 bridgehead atoms. The Balaban J connectivity index is 4.19. The van der Waals surface area contributed by atoms with Crippen LogP contribution in [0.25, 0.3) is 0 Å². The highest BCUT2D eigenvalue weighted by atomic mass is 31.2. The molecule has 0 aromatic rings. The Morgan fingerprint density at radius 3 is 1.32 bits per heavy atom. The van der Waals surface area contributed by atoms with Gasteiger partial charge in [-0.25, -0.2) is 4.57 Å². The highest BCUT2D eigenvalue weighted by molar-refractivity contribution is 7.46. The van der Waals surface area contributed by atoms with Crippen LogP contribution in [-0.4, -0.2) is 41.0 Å². The average molecular weight is 715 g/mol. The summed E-state index contributed by atoms with van der Waals surface area (Å²) < 4.78 is 26.2. The van der Waals surface area contributed by atoms with Gasteiger partial charge in [-0.3, -0.25) is 14.1 Å². The van der Waals surface area contributed by atoms with E-state index in [1.54, 1.807) is 0 Å². The zero-order valence-electron chi connectivity index (χ0n) is 30.5. The lowest BCUT2D eigenvalue weighted by Gasteiger charge is -2.18. The third-order valence-electron chi connectivity index (χ3n) is 6.79. The van der Waals surface area contributed by atoms with Crippen molar-refractivity contribution in [2.45, 2.75) is 123 Å². The Morgan fingerprint density at radius 2 is 0.900 bits per heavy atom. The van der Waals surface area contributed by atoms with E-state index in [4.69, 9.17) is 19.3 Å². The second-order valence-corrected chi connectivity index (χ2v) is 12.7. The smallest absolute Gasteiger partial charge is 0.462 e. The van der Waals surface area contributed by atoms with E-state index in [1.807, 2.05) is 6.08 Å². The fraction of sp³-hybridized carbons (Fsp3) is 0.512. The fourth-order valence-corrected chi connectivity index (χ4v) is 4.52. The summed E-state index contributed by atoms with van der Waals surface area (Å²) in [5, 5.41) is 0. The van der Waals surface area contributed by atoms with Crippen molar-refractivity contribution in [3.8, 4) is 0 Å². The van der Waals surface area contributed by atoms with Crippen LogP contribution in [0.1, 0.15) is 117 Å². The van der Waals surface area contributed by atoms with E-state index in [0.717, 1.165) is 70.6 Å². The molecule has 2 N–H and O–H groups in total. The van der Waals surface area contributed by atoms with E-state index in [1.165, 1.54) is 0 Å². The normalized spacial score (nSPS) is 13.8. The minimum absolute atomic E-state index is 0.140. The maximum absolute atomic E-state index is 12.3. The van der Waals surface area contributed by atoms with Gasteiger partial charge in [0, 0.05) is 12.8 Å². The van der Waals surface area contributed by atoms with Crippen LogP contribution in [0.2, 0.25) is 0 Å². The van der Waals surface area contributed by atoms with Crippen LogP contribution in [0.3, 0.4) is 0 Å². The Kier molecular flexibility index (Phi) is 33.2. The molecule has 0 aromatic carbocycles. The zero-order valence-corrected chi connectivity index (χ0v) is 31.4. The lowest BCUT2D eigenvalue weighted by atomic mass is 10.2. The molecule has 0 radical (unpaired) electrons. The molecule has 0 spiro atoms. The summed E-state index contributed by atoms with van der Waals surface area (Å²) in [6.07, 6.45) is 49.6. The fourth-order valence-electron chi connectivity index (χ4n) is 4.16. The first kappa shape index (κ1) is 46.7. The zero-order chi connectivity index (χ0) is 36.8. The van der Waals surface area contributed by atoms with E-state index >= 15 is 0 Å². The third kappa shape index (κ3) is 37.5. The third-order valence-corrected chi connectivity index (χ3v) is 7.27. The lowest BCUT2D eigenvalue weighted by Crippen LogP contribution is -2.29. The number of unbranched alkanes of at least 4 members (excludes halogenated alkanes) is 3. The Hall–Kier alpha value is -3.29.